The van der Waals surface area contributed by atoms with Crippen molar-refractivity contribution in [3.63, 3.8) is 0 Å². The lowest BCUT2D eigenvalue weighted by Crippen LogP contribution is -2.08. The SMILES string of the molecule is CC(=O)CCC(=O)c1cccc(C(F)(F)F)c1.O=Cc1cccc(C(F)(F)F)c1. The second-order valence-electron chi connectivity index (χ2n) is 5.94. The zero-order chi connectivity index (χ0) is 22.2. The molecular formula is C20H16F6O3. The fourth-order valence-corrected chi connectivity index (χ4v) is 2.09. The van der Waals surface area contributed by atoms with Crippen LogP contribution in [0, 0.1) is 0 Å². The molecule has 0 aromatic heterocycles. The van der Waals surface area contributed by atoms with E-state index in [1.807, 2.05) is 0 Å². The zero-order valence-electron chi connectivity index (χ0n) is 15.1. The number of carbonyl (C=O) groups excluding carboxylic acids is 3. The number of Topliss-reactive ketones (excluding diaryl/α,β-unsaturated/α-hetero) is 2. The predicted molar refractivity (Wildman–Crippen MR) is 92.5 cm³/mol. The summed E-state index contributed by atoms with van der Waals surface area (Å²) in [6.45, 7) is 1.33. The normalized spacial score (nSPS) is 11.3. The van der Waals surface area contributed by atoms with Gasteiger partial charge < -0.3 is 4.79 Å². The molecule has 0 atom stereocenters. The van der Waals surface area contributed by atoms with Gasteiger partial charge in [0, 0.05) is 24.0 Å². The van der Waals surface area contributed by atoms with E-state index in [-0.39, 0.29) is 29.8 Å². The summed E-state index contributed by atoms with van der Waals surface area (Å²) in [5.74, 6) is -0.614. The van der Waals surface area contributed by atoms with Crippen LogP contribution < -0.4 is 0 Å². The maximum atomic E-state index is 12.4. The molecule has 0 N–H and O–H groups in total. The monoisotopic (exact) mass is 418 g/mol. The van der Waals surface area contributed by atoms with Crippen molar-refractivity contribution in [2.24, 2.45) is 0 Å². The molecule has 0 amide bonds. The molecule has 156 valence electrons. The van der Waals surface area contributed by atoms with Gasteiger partial charge in [0.1, 0.15) is 12.1 Å². The van der Waals surface area contributed by atoms with Gasteiger partial charge in [-0.1, -0.05) is 24.3 Å². The average Bonchev–Trinajstić information content (AvgIpc) is 2.65. The van der Waals surface area contributed by atoms with Gasteiger partial charge in [-0.2, -0.15) is 26.3 Å². The third-order valence-corrected chi connectivity index (χ3v) is 3.57. The summed E-state index contributed by atoms with van der Waals surface area (Å²) in [6.07, 6.45) is -8.46. The third kappa shape index (κ3) is 8.28. The van der Waals surface area contributed by atoms with E-state index < -0.39 is 29.3 Å². The number of benzene rings is 2. The van der Waals surface area contributed by atoms with Crippen LogP contribution in [0.1, 0.15) is 51.6 Å². The molecule has 0 bridgehead atoms. The molecule has 2 aromatic carbocycles. The Hall–Kier alpha value is -2.97. The summed E-state index contributed by atoms with van der Waals surface area (Å²) in [5.41, 5.74) is -1.64. The molecule has 0 heterocycles. The molecule has 2 aromatic rings. The maximum absolute atomic E-state index is 12.4. The first kappa shape index (κ1) is 24.1. The minimum absolute atomic E-state index is 0.0129. The second-order valence-corrected chi connectivity index (χ2v) is 5.94. The first-order valence-electron chi connectivity index (χ1n) is 8.17. The quantitative estimate of drug-likeness (QED) is 0.352. The first-order valence-corrected chi connectivity index (χ1v) is 8.17. The fraction of sp³-hybridized carbons (Fsp3) is 0.250. The molecule has 0 saturated heterocycles. The van der Waals surface area contributed by atoms with Crippen molar-refractivity contribution < 1.29 is 40.7 Å². The minimum Gasteiger partial charge on any atom is -0.300 e. The number of ketones is 2. The first-order chi connectivity index (χ1) is 13.3. The molecule has 0 aliphatic rings. The van der Waals surface area contributed by atoms with Crippen molar-refractivity contribution in [2.75, 3.05) is 0 Å². The minimum atomic E-state index is -4.46. The van der Waals surface area contributed by atoms with Crippen LogP contribution in [-0.2, 0) is 17.1 Å². The van der Waals surface area contributed by atoms with Crippen molar-refractivity contribution >= 4 is 17.9 Å². The molecule has 0 unspecified atom stereocenters. The van der Waals surface area contributed by atoms with Crippen molar-refractivity contribution in [2.45, 2.75) is 32.1 Å². The Morgan fingerprint density at radius 2 is 1.34 bits per heavy atom. The Bertz CT molecular complexity index is 869. The second kappa shape index (κ2) is 9.99. The lowest BCUT2D eigenvalue weighted by molar-refractivity contribution is -0.138. The topological polar surface area (TPSA) is 51.2 Å². The highest BCUT2D eigenvalue weighted by Crippen LogP contribution is 2.30. The molecule has 0 saturated carbocycles. The van der Waals surface area contributed by atoms with Gasteiger partial charge in [0.15, 0.2) is 5.78 Å². The van der Waals surface area contributed by atoms with E-state index in [1.54, 1.807) is 0 Å². The van der Waals surface area contributed by atoms with E-state index in [0.717, 1.165) is 24.3 Å². The number of hydrogen-bond donors (Lipinski definition) is 0. The van der Waals surface area contributed by atoms with E-state index in [4.69, 9.17) is 0 Å². The molecule has 0 spiro atoms. The van der Waals surface area contributed by atoms with Gasteiger partial charge in [-0.3, -0.25) is 9.59 Å². The summed E-state index contributed by atoms with van der Waals surface area (Å²) < 4.78 is 73.1. The smallest absolute Gasteiger partial charge is 0.300 e. The standard InChI is InChI=1S/C12H11F3O2.C8H5F3O/c1-8(16)5-6-11(17)9-3-2-4-10(7-9)12(13,14)15;9-8(10,11)7-3-1-2-6(4-7)5-12/h2-4,7H,5-6H2,1H3;1-5H. The van der Waals surface area contributed by atoms with Crippen molar-refractivity contribution in [3.8, 4) is 0 Å². The highest BCUT2D eigenvalue weighted by molar-refractivity contribution is 5.98. The van der Waals surface area contributed by atoms with Gasteiger partial charge in [-0.25, -0.2) is 0 Å². The average molecular weight is 418 g/mol. The van der Waals surface area contributed by atoms with E-state index in [9.17, 15) is 40.7 Å². The van der Waals surface area contributed by atoms with Gasteiger partial charge in [0.25, 0.3) is 0 Å². The Morgan fingerprint density at radius 3 is 1.83 bits per heavy atom. The summed E-state index contributed by atoms with van der Waals surface area (Å²) in [5, 5.41) is 0. The van der Waals surface area contributed by atoms with Crippen LogP contribution in [0.5, 0.6) is 0 Å². The van der Waals surface area contributed by atoms with Crippen molar-refractivity contribution in [1.82, 2.24) is 0 Å². The number of aldehydes is 1. The van der Waals surface area contributed by atoms with E-state index >= 15 is 0 Å². The van der Waals surface area contributed by atoms with Gasteiger partial charge >= 0.3 is 12.4 Å². The van der Waals surface area contributed by atoms with Crippen molar-refractivity contribution in [1.29, 1.82) is 0 Å². The molecule has 0 radical (unpaired) electrons. The Morgan fingerprint density at radius 1 is 0.828 bits per heavy atom. The molecule has 29 heavy (non-hydrogen) atoms. The van der Waals surface area contributed by atoms with Crippen LogP contribution >= 0.6 is 0 Å². The molecule has 9 heteroatoms. The lowest BCUT2D eigenvalue weighted by atomic mass is 10.0. The van der Waals surface area contributed by atoms with Gasteiger partial charge in [-0.15, -0.1) is 0 Å². The molecule has 2 rings (SSSR count). The van der Waals surface area contributed by atoms with Gasteiger partial charge in [0.2, 0.25) is 0 Å². The van der Waals surface area contributed by atoms with Crippen molar-refractivity contribution in [3.05, 3.63) is 70.8 Å². The van der Waals surface area contributed by atoms with Gasteiger partial charge in [-0.05, 0) is 31.2 Å². The number of hydrogen-bond acceptors (Lipinski definition) is 3. The Labute approximate surface area is 162 Å². The Balaban J connectivity index is 0.000000308. The highest BCUT2D eigenvalue weighted by Gasteiger charge is 2.31. The largest absolute Gasteiger partial charge is 0.416 e. The van der Waals surface area contributed by atoms with Crippen LogP contribution in [0.3, 0.4) is 0 Å². The van der Waals surface area contributed by atoms with Crippen LogP contribution in [0.25, 0.3) is 0 Å². The highest BCUT2D eigenvalue weighted by atomic mass is 19.4. The molecular weight excluding hydrogens is 402 g/mol. The zero-order valence-corrected chi connectivity index (χ0v) is 15.1. The molecule has 0 aliphatic carbocycles. The molecule has 0 fully saturated rings. The summed E-state index contributed by atoms with van der Waals surface area (Å²) in [7, 11) is 0. The van der Waals surface area contributed by atoms with Crippen LogP contribution in [0.2, 0.25) is 0 Å². The number of alkyl halides is 6. The van der Waals surface area contributed by atoms with E-state index in [2.05, 4.69) is 0 Å². The fourth-order valence-electron chi connectivity index (χ4n) is 2.09. The summed E-state index contributed by atoms with van der Waals surface area (Å²) in [6, 6.07) is 8.47. The number of halogens is 6. The van der Waals surface area contributed by atoms with E-state index in [0.29, 0.717) is 6.29 Å². The molecule has 0 aliphatic heterocycles. The van der Waals surface area contributed by atoms with Crippen LogP contribution in [-0.4, -0.2) is 17.9 Å². The summed E-state index contributed by atoms with van der Waals surface area (Å²) >= 11 is 0. The third-order valence-electron chi connectivity index (χ3n) is 3.57. The Kier molecular flexibility index (Phi) is 8.29. The summed E-state index contributed by atoms with van der Waals surface area (Å²) in [4.78, 5) is 32.3. The maximum Gasteiger partial charge on any atom is 0.416 e. The van der Waals surface area contributed by atoms with Crippen LogP contribution in [0.4, 0.5) is 26.3 Å². The molecule has 3 nitrogen and oxygen atoms in total. The number of carbonyl (C=O) groups is 3. The predicted octanol–water partition coefficient (Wildman–Crippen LogP) is 5.78. The van der Waals surface area contributed by atoms with Crippen LogP contribution in [0.15, 0.2) is 48.5 Å². The van der Waals surface area contributed by atoms with Gasteiger partial charge in [0.05, 0.1) is 11.1 Å². The lowest BCUT2D eigenvalue weighted by Gasteiger charge is -2.07. The van der Waals surface area contributed by atoms with E-state index in [1.165, 1.54) is 31.2 Å². The number of rotatable bonds is 5.